The third-order valence-electron chi connectivity index (χ3n) is 2.09. The molecule has 1 N–H and O–H groups in total. The predicted octanol–water partition coefficient (Wildman–Crippen LogP) is -0.399. The number of amides is 1. The van der Waals surface area contributed by atoms with Gasteiger partial charge in [0.25, 0.3) is 0 Å². The van der Waals surface area contributed by atoms with Crippen molar-refractivity contribution in [3.63, 3.8) is 0 Å². The van der Waals surface area contributed by atoms with E-state index in [-0.39, 0.29) is 18.9 Å². The van der Waals surface area contributed by atoms with Crippen molar-refractivity contribution < 1.29 is 14.7 Å². The van der Waals surface area contributed by atoms with Crippen LogP contribution in [0.25, 0.3) is 0 Å². The maximum atomic E-state index is 11.6. The number of carbonyl (C=O) groups is 2. The Hall–Kier alpha value is -1.92. The molecule has 0 atom stereocenters. The number of aliphatic carboxylic acids is 1. The van der Waals surface area contributed by atoms with Crippen LogP contribution in [0.15, 0.2) is 12.4 Å². The Balaban J connectivity index is 2.40. The molecule has 88 valence electrons. The standard InChI is InChI=1S/C9H14N4O3/c1-2-12(7-9(15)16)8(14)3-5-13-6-4-10-11-13/h4,6H,2-3,5,7H2,1H3,(H,15,16). The minimum absolute atomic E-state index is 0.194. The fraction of sp³-hybridized carbons (Fsp3) is 0.556. The summed E-state index contributed by atoms with van der Waals surface area (Å²) in [5.41, 5.74) is 0. The Labute approximate surface area is 92.7 Å². The summed E-state index contributed by atoms with van der Waals surface area (Å²) in [7, 11) is 0. The van der Waals surface area contributed by atoms with E-state index in [0.29, 0.717) is 13.1 Å². The van der Waals surface area contributed by atoms with Crippen LogP contribution in [0.2, 0.25) is 0 Å². The van der Waals surface area contributed by atoms with E-state index < -0.39 is 5.97 Å². The monoisotopic (exact) mass is 226 g/mol. The molecule has 0 bridgehead atoms. The van der Waals surface area contributed by atoms with E-state index in [1.165, 1.54) is 15.8 Å². The first kappa shape index (κ1) is 12.2. The minimum atomic E-state index is -1.00. The van der Waals surface area contributed by atoms with Crippen LogP contribution >= 0.6 is 0 Å². The molecule has 0 aliphatic rings. The van der Waals surface area contributed by atoms with E-state index in [0.717, 1.165) is 0 Å². The van der Waals surface area contributed by atoms with E-state index >= 15 is 0 Å². The van der Waals surface area contributed by atoms with E-state index in [4.69, 9.17) is 5.11 Å². The Morgan fingerprint density at radius 2 is 2.25 bits per heavy atom. The third kappa shape index (κ3) is 3.68. The van der Waals surface area contributed by atoms with Crippen molar-refractivity contribution in [2.24, 2.45) is 0 Å². The van der Waals surface area contributed by atoms with Gasteiger partial charge in [-0.05, 0) is 6.92 Å². The van der Waals surface area contributed by atoms with E-state index in [2.05, 4.69) is 10.3 Å². The number of hydrogen-bond donors (Lipinski definition) is 1. The van der Waals surface area contributed by atoms with Crippen molar-refractivity contribution in [1.82, 2.24) is 19.9 Å². The molecule has 0 unspecified atom stereocenters. The van der Waals surface area contributed by atoms with Gasteiger partial charge in [0, 0.05) is 19.2 Å². The SMILES string of the molecule is CCN(CC(=O)O)C(=O)CCn1ccnn1. The first-order valence-corrected chi connectivity index (χ1v) is 4.97. The zero-order chi connectivity index (χ0) is 12.0. The maximum absolute atomic E-state index is 11.6. The van der Waals surface area contributed by atoms with Gasteiger partial charge in [-0.15, -0.1) is 5.10 Å². The van der Waals surface area contributed by atoms with E-state index in [9.17, 15) is 9.59 Å². The van der Waals surface area contributed by atoms with Gasteiger partial charge in [0.05, 0.1) is 12.7 Å². The summed E-state index contributed by atoms with van der Waals surface area (Å²) in [5, 5.41) is 15.9. The zero-order valence-corrected chi connectivity index (χ0v) is 9.04. The smallest absolute Gasteiger partial charge is 0.323 e. The first-order chi connectivity index (χ1) is 7.63. The van der Waals surface area contributed by atoms with Gasteiger partial charge in [0.2, 0.25) is 5.91 Å². The number of aromatic nitrogens is 3. The summed E-state index contributed by atoms with van der Waals surface area (Å²) in [4.78, 5) is 23.4. The van der Waals surface area contributed by atoms with Gasteiger partial charge in [-0.2, -0.15) is 0 Å². The molecular formula is C9H14N4O3. The molecule has 1 amide bonds. The number of carboxylic acid groups (broad SMARTS) is 1. The molecule has 0 saturated heterocycles. The number of likely N-dealkylation sites (N-methyl/N-ethyl adjacent to an activating group) is 1. The summed E-state index contributed by atoms with van der Waals surface area (Å²) >= 11 is 0. The largest absolute Gasteiger partial charge is 0.480 e. The number of carboxylic acids is 1. The second-order valence-corrected chi connectivity index (χ2v) is 3.22. The van der Waals surface area contributed by atoms with Crippen LogP contribution in [0.3, 0.4) is 0 Å². The third-order valence-corrected chi connectivity index (χ3v) is 2.09. The van der Waals surface area contributed by atoms with Gasteiger partial charge in [-0.1, -0.05) is 5.21 Å². The summed E-state index contributed by atoms with van der Waals surface area (Å²) in [6.07, 6.45) is 3.41. The number of hydrogen-bond acceptors (Lipinski definition) is 4. The van der Waals surface area contributed by atoms with Crippen molar-refractivity contribution in [2.45, 2.75) is 19.9 Å². The van der Waals surface area contributed by atoms with Crippen LogP contribution in [-0.2, 0) is 16.1 Å². The molecule has 1 aromatic rings. The normalized spacial score (nSPS) is 10.1. The highest BCUT2D eigenvalue weighted by Crippen LogP contribution is 1.96. The van der Waals surface area contributed by atoms with Crippen molar-refractivity contribution in [1.29, 1.82) is 0 Å². The minimum Gasteiger partial charge on any atom is -0.480 e. The van der Waals surface area contributed by atoms with Crippen molar-refractivity contribution in [3.05, 3.63) is 12.4 Å². The van der Waals surface area contributed by atoms with Gasteiger partial charge in [-0.3, -0.25) is 14.3 Å². The predicted molar refractivity (Wildman–Crippen MR) is 54.5 cm³/mol. The molecule has 1 rings (SSSR count). The average Bonchev–Trinajstić information content (AvgIpc) is 2.75. The van der Waals surface area contributed by atoms with Crippen LogP contribution in [0.4, 0.5) is 0 Å². The molecule has 1 aromatic heterocycles. The van der Waals surface area contributed by atoms with Gasteiger partial charge < -0.3 is 10.0 Å². The number of carbonyl (C=O) groups excluding carboxylic acids is 1. The number of rotatable bonds is 6. The summed E-state index contributed by atoms with van der Waals surface area (Å²) in [6, 6.07) is 0. The molecule has 0 radical (unpaired) electrons. The highest BCUT2D eigenvalue weighted by Gasteiger charge is 2.14. The molecule has 0 aliphatic heterocycles. The lowest BCUT2D eigenvalue weighted by Gasteiger charge is -2.18. The summed E-state index contributed by atoms with van der Waals surface area (Å²) in [6.45, 7) is 2.29. The Bertz CT molecular complexity index is 350. The van der Waals surface area contributed by atoms with Crippen LogP contribution in [-0.4, -0.2) is 50.0 Å². The van der Waals surface area contributed by atoms with Gasteiger partial charge in [-0.25, -0.2) is 0 Å². The average molecular weight is 226 g/mol. The topological polar surface area (TPSA) is 88.3 Å². The molecule has 0 saturated carbocycles. The summed E-state index contributed by atoms with van der Waals surface area (Å²) < 4.78 is 1.53. The summed E-state index contributed by atoms with van der Waals surface area (Å²) in [5.74, 6) is -1.20. The van der Waals surface area contributed by atoms with Crippen LogP contribution in [0.5, 0.6) is 0 Å². The Morgan fingerprint density at radius 1 is 1.50 bits per heavy atom. The molecule has 0 spiro atoms. The lowest BCUT2D eigenvalue weighted by molar-refractivity contribution is -0.144. The molecule has 1 heterocycles. The van der Waals surface area contributed by atoms with Gasteiger partial charge in [0.1, 0.15) is 6.54 Å². The molecule has 0 aliphatic carbocycles. The van der Waals surface area contributed by atoms with Crippen molar-refractivity contribution in [3.8, 4) is 0 Å². The highest BCUT2D eigenvalue weighted by atomic mass is 16.4. The Kier molecular flexibility index (Phi) is 4.43. The molecule has 7 heteroatoms. The molecule has 16 heavy (non-hydrogen) atoms. The van der Waals surface area contributed by atoms with Crippen molar-refractivity contribution in [2.75, 3.05) is 13.1 Å². The number of aryl methyl sites for hydroxylation is 1. The second-order valence-electron chi connectivity index (χ2n) is 3.22. The lowest BCUT2D eigenvalue weighted by atomic mass is 10.3. The molecular weight excluding hydrogens is 212 g/mol. The van der Waals surface area contributed by atoms with Gasteiger partial charge >= 0.3 is 5.97 Å². The highest BCUT2D eigenvalue weighted by molar-refractivity contribution is 5.81. The maximum Gasteiger partial charge on any atom is 0.323 e. The van der Waals surface area contributed by atoms with E-state index in [1.54, 1.807) is 13.1 Å². The van der Waals surface area contributed by atoms with Crippen LogP contribution in [0.1, 0.15) is 13.3 Å². The molecule has 7 nitrogen and oxygen atoms in total. The molecule has 0 aromatic carbocycles. The zero-order valence-electron chi connectivity index (χ0n) is 9.04. The first-order valence-electron chi connectivity index (χ1n) is 4.97. The Morgan fingerprint density at radius 3 is 2.75 bits per heavy atom. The fourth-order valence-electron chi connectivity index (χ4n) is 1.26. The quantitative estimate of drug-likeness (QED) is 0.713. The molecule has 0 fully saturated rings. The van der Waals surface area contributed by atoms with Crippen LogP contribution < -0.4 is 0 Å². The fourth-order valence-corrected chi connectivity index (χ4v) is 1.26. The van der Waals surface area contributed by atoms with Gasteiger partial charge in [0.15, 0.2) is 0 Å². The van der Waals surface area contributed by atoms with E-state index in [1.807, 2.05) is 0 Å². The van der Waals surface area contributed by atoms with Crippen LogP contribution in [0, 0.1) is 0 Å². The van der Waals surface area contributed by atoms with Crippen molar-refractivity contribution >= 4 is 11.9 Å². The lowest BCUT2D eigenvalue weighted by Crippen LogP contribution is -2.35. The number of nitrogens with zero attached hydrogens (tertiary/aromatic N) is 4. The second kappa shape index (κ2) is 5.84.